The third kappa shape index (κ3) is 28.5. The molecule has 0 aliphatic carbocycles. The molecule has 6 aliphatic heterocycles. The van der Waals surface area contributed by atoms with E-state index in [9.17, 15) is 0 Å². The van der Waals surface area contributed by atoms with Gasteiger partial charge >= 0.3 is 0 Å². The molecule has 0 spiro atoms. The van der Waals surface area contributed by atoms with Crippen LogP contribution in [0.2, 0.25) is 0 Å². The summed E-state index contributed by atoms with van der Waals surface area (Å²) in [4.78, 5) is 25.3. The van der Waals surface area contributed by atoms with Crippen LogP contribution in [0.4, 0.5) is 0 Å². The summed E-state index contributed by atoms with van der Waals surface area (Å²) < 4.78 is 0. The molecule has 426 valence electrons. The van der Waals surface area contributed by atoms with E-state index in [0.29, 0.717) is 39.3 Å². The third-order valence-corrected chi connectivity index (χ3v) is 16.8. The van der Waals surface area contributed by atoms with Crippen molar-refractivity contribution in [2.75, 3.05) is 145 Å². The summed E-state index contributed by atoms with van der Waals surface area (Å²) in [6.45, 7) is 76.6. The van der Waals surface area contributed by atoms with Crippen LogP contribution in [0, 0.1) is 11.8 Å². The fraction of sp³-hybridized carbons (Fsp3) is 1.00. The summed E-state index contributed by atoms with van der Waals surface area (Å²) in [5, 5.41) is 0. The lowest BCUT2D eigenvalue weighted by atomic mass is 9.95. The lowest BCUT2D eigenvalue weighted by molar-refractivity contribution is 0.0491. The van der Waals surface area contributed by atoms with Crippen molar-refractivity contribution in [3.05, 3.63) is 0 Å². The predicted molar refractivity (Wildman–Crippen MR) is 318 cm³/mol. The Balaban J connectivity index is 0.000000427. The molecule has 0 unspecified atom stereocenters. The summed E-state index contributed by atoms with van der Waals surface area (Å²) in [5.74, 6) is 1.90. The topological polar surface area (TPSA) is 32.4 Å². The van der Waals surface area contributed by atoms with Crippen molar-refractivity contribution >= 4 is 0 Å². The molecule has 0 N–H and O–H groups in total. The van der Waals surface area contributed by atoms with Crippen molar-refractivity contribution in [3.63, 3.8) is 0 Å². The van der Waals surface area contributed by atoms with Crippen LogP contribution in [-0.2, 0) is 0 Å². The van der Waals surface area contributed by atoms with Crippen molar-refractivity contribution in [3.8, 4) is 0 Å². The molecule has 0 aromatic rings. The fourth-order valence-corrected chi connectivity index (χ4v) is 10.5. The number of hydrogen-bond acceptors (Lipinski definition) is 10. The zero-order valence-corrected chi connectivity index (χ0v) is 53.5. The van der Waals surface area contributed by atoms with Gasteiger partial charge in [-0.15, -0.1) is 0 Å². The molecule has 6 saturated heterocycles. The van der Waals surface area contributed by atoms with Crippen LogP contribution in [0.25, 0.3) is 0 Å². The van der Waals surface area contributed by atoms with Crippen molar-refractivity contribution in [2.24, 2.45) is 11.8 Å². The number of piperidine rings is 3. The summed E-state index contributed by atoms with van der Waals surface area (Å²) >= 11 is 0. The van der Waals surface area contributed by atoms with Crippen LogP contribution in [-0.4, -0.2) is 240 Å². The monoisotopic (exact) mass is 1010 g/mol. The van der Waals surface area contributed by atoms with Gasteiger partial charge in [-0.05, 0) is 243 Å². The van der Waals surface area contributed by atoms with Crippen LogP contribution in [0.3, 0.4) is 0 Å². The average molecular weight is 1010 g/mol. The van der Waals surface area contributed by atoms with E-state index in [1.165, 1.54) is 163 Å². The molecule has 6 fully saturated rings. The number of hydrogen-bond donors (Lipinski definition) is 0. The Labute approximate surface area is 447 Å². The highest BCUT2D eigenvalue weighted by Gasteiger charge is 2.30. The molecule has 0 amide bonds. The van der Waals surface area contributed by atoms with Crippen molar-refractivity contribution in [2.45, 2.75) is 243 Å². The molecule has 10 nitrogen and oxygen atoms in total. The molecule has 10 heteroatoms. The van der Waals surface area contributed by atoms with Gasteiger partial charge in [-0.1, -0.05) is 20.8 Å². The van der Waals surface area contributed by atoms with Gasteiger partial charge in [0.05, 0.1) is 0 Å². The van der Waals surface area contributed by atoms with Gasteiger partial charge in [0.25, 0.3) is 0 Å². The van der Waals surface area contributed by atoms with Gasteiger partial charge in [-0.3, -0.25) is 34.3 Å². The van der Waals surface area contributed by atoms with E-state index in [-0.39, 0.29) is 0 Å². The Kier molecular flexibility index (Phi) is 30.1. The summed E-state index contributed by atoms with van der Waals surface area (Å²) in [5.41, 5.74) is 2.21. The molecule has 71 heavy (non-hydrogen) atoms. The number of likely N-dealkylation sites (tertiary alicyclic amines) is 3. The zero-order chi connectivity index (χ0) is 54.8. The number of rotatable bonds is 3. The van der Waals surface area contributed by atoms with Crippen molar-refractivity contribution in [1.29, 1.82) is 0 Å². The first-order valence-corrected chi connectivity index (χ1v) is 29.7. The van der Waals surface area contributed by atoms with Gasteiger partial charge in [0.15, 0.2) is 0 Å². The highest BCUT2D eigenvalue weighted by Crippen LogP contribution is 2.25. The first-order chi connectivity index (χ1) is 32.4. The second-order valence-corrected chi connectivity index (χ2v) is 29.4. The zero-order valence-electron chi connectivity index (χ0n) is 53.5. The second kappa shape index (κ2) is 31.1. The summed E-state index contributed by atoms with van der Waals surface area (Å²) in [6, 6.07) is 1.51. The minimum absolute atomic E-state index is 0.350. The maximum absolute atomic E-state index is 2.59. The van der Waals surface area contributed by atoms with Gasteiger partial charge < -0.3 is 14.7 Å². The first kappa shape index (κ1) is 68.6. The Morgan fingerprint density at radius 2 is 0.606 bits per heavy atom. The largest absolute Gasteiger partial charge is 0.306 e. The standard InChI is InChI=1S/2C11H24N2.C10H22N2.2C10H21N.C9H20N2/c1-11(2,3)13-8-6-10(7-9-13)12(4)5;1-10(2)12-6-8-13(9-7-12)11(3,4)5;1-5-11-6-8-12(9-7-11)10(2,3)4;2*1-9-5-7-11(8-6-9)10(2,3)4;1-9(2,3)11-7-5-10(4)6-8-11/h2*10H,6-9H2,1-5H3;5-9H2,1-4H3;2*9H,5-8H2,1-4H3;5-8H2,1-4H3. The smallest absolute Gasteiger partial charge is 0.0126 e. The van der Waals surface area contributed by atoms with Crippen LogP contribution in [0.1, 0.15) is 198 Å². The first-order valence-electron chi connectivity index (χ1n) is 29.7. The molecule has 0 radical (unpaired) electrons. The summed E-state index contributed by atoms with van der Waals surface area (Å²) in [6.07, 6.45) is 8.19. The van der Waals surface area contributed by atoms with Crippen LogP contribution in [0.15, 0.2) is 0 Å². The van der Waals surface area contributed by atoms with Gasteiger partial charge in [0.2, 0.25) is 0 Å². The number of piperazine rings is 3. The second-order valence-electron chi connectivity index (χ2n) is 29.4. The van der Waals surface area contributed by atoms with E-state index < -0.39 is 0 Å². The molecule has 0 atom stereocenters. The summed E-state index contributed by atoms with van der Waals surface area (Å²) in [7, 11) is 6.58. The van der Waals surface area contributed by atoms with E-state index in [4.69, 9.17) is 0 Å². The highest BCUT2D eigenvalue weighted by atomic mass is 15.3. The maximum atomic E-state index is 2.59. The van der Waals surface area contributed by atoms with E-state index in [0.717, 1.165) is 17.9 Å². The van der Waals surface area contributed by atoms with Crippen molar-refractivity contribution in [1.82, 2.24) is 49.0 Å². The Bertz CT molecular complexity index is 1200. The Morgan fingerprint density at radius 3 is 0.845 bits per heavy atom. The molecule has 6 rings (SSSR count). The predicted octanol–water partition coefficient (Wildman–Crippen LogP) is 11.1. The molecule has 6 aliphatic rings. The van der Waals surface area contributed by atoms with Crippen molar-refractivity contribution < 1.29 is 0 Å². The molecule has 0 aromatic carbocycles. The van der Waals surface area contributed by atoms with E-state index in [2.05, 4.69) is 229 Å². The average Bonchev–Trinajstić information content (AvgIpc) is 3.26. The lowest BCUT2D eigenvalue weighted by Gasteiger charge is -2.43. The quantitative estimate of drug-likeness (QED) is 0.273. The SMILES string of the molecule is CC(C)N1CCN(C(C)(C)C)CC1.CC1CCN(C(C)(C)C)CC1.CC1CCN(C(C)(C)C)CC1.CCN1CCN(C(C)(C)C)CC1.CN(C)C1CCN(C(C)(C)C)CC1.CN1CCN(C(C)(C)C)CC1. The molecule has 0 aromatic heterocycles. The van der Waals surface area contributed by atoms with Crippen LogP contribution in [0.5, 0.6) is 0 Å². The molecule has 6 heterocycles. The van der Waals surface area contributed by atoms with E-state index >= 15 is 0 Å². The molecular weight excluding hydrogens is 873 g/mol. The third-order valence-electron chi connectivity index (χ3n) is 16.8. The molecule has 0 bridgehead atoms. The van der Waals surface area contributed by atoms with Crippen LogP contribution < -0.4 is 0 Å². The highest BCUT2D eigenvalue weighted by molar-refractivity contribution is 4.87. The Hall–Kier alpha value is -0.400. The Morgan fingerprint density at radius 1 is 0.366 bits per heavy atom. The van der Waals surface area contributed by atoms with Gasteiger partial charge in [-0.25, -0.2) is 0 Å². The van der Waals surface area contributed by atoms with Gasteiger partial charge in [-0.2, -0.15) is 0 Å². The van der Waals surface area contributed by atoms with E-state index in [1.54, 1.807) is 0 Å². The van der Waals surface area contributed by atoms with Gasteiger partial charge in [0.1, 0.15) is 0 Å². The van der Waals surface area contributed by atoms with E-state index in [1.807, 2.05) is 0 Å². The lowest BCUT2D eigenvalue weighted by Crippen LogP contribution is -2.54. The molecular formula is C61H132N10. The fourth-order valence-electron chi connectivity index (χ4n) is 10.5. The molecule has 0 saturated carbocycles. The maximum Gasteiger partial charge on any atom is 0.0126 e. The normalized spacial score (nSPS) is 23.3. The minimum Gasteiger partial charge on any atom is -0.306 e. The van der Waals surface area contributed by atoms with Crippen LogP contribution >= 0.6 is 0 Å². The number of nitrogens with zero attached hydrogens (tertiary/aromatic N) is 10. The van der Waals surface area contributed by atoms with Gasteiger partial charge in [0, 0.05) is 137 Å². The number of likely N-dealkylation sites (N-methyl/N-ethyl adjacent to an activating group) is 2. The minimum atomic E-state index is 0.350.